The molecular formula is C12H13F3N4O2S2. The van der Waals surface area contributed by atoms with Crippen LogP contribution in [0.3, 0.4) is 0 Å². The summed E-state index contributed by atoms with van der Waals surface area (Å²) in [5.74, 6) is -0.217. The molecule has 23 heavy (non-hydrogen) atoms. The molecule has 2 N–H and O–H groups in total. The Hall–Kier alpha value is -1.72. The van der Waals surface area contributed by atoms with Crippen LogP contribution in [0.5, 0.6) is 0 Å². The highest BCUT2D eigenvalue weighted by Crippen LogP contribution is 2.27. The number of sulfonamides is 1. The minimum absolute atomic E-state index is 0.0150. The molecule has 2 rings (SSSR count). The lowest BCUT2D eigenvalue weighted by Crippen LogP contribution is -2.28. The van der Waals surface area contributed by atoms with Gasteiger partial charge in [-0.15, -0.1) is 11.3 Å². The molecule has 0 aliphatic carbocycles. The first-order valence-electron chi connectivity index (χ1n) is 6.39. The van der Waals surface area contributed by atoms with Gasteiger partial charge in [0.05, 0.1) is 0 Å². The van der Waals surface area contributed by atoms with Gasteiger partial charge < -0.3 is 5.32 Å². The van der Waals surface area contributed by atoms with Crippen LogP contribution in [0.4, 0.5) is 19.1 Å². The first kappa shape index (κ1) is 17.6. The van der Waals surface area contributed by atoms with Crippen molar-refractivity contribution >= 4 is 27.3 Å². The smallest absolute Gasteiger partial charge is 0.353 e. The molecule has 0 aromatic carbocycles. The summed E-state index contributed by atoms with van der Waals surface area (Å²) in [7, 11) is -3.62. The maximum atomic E-state index is 12.5. The summed E-state index contributed by atoms with van der Waals surface area (Å²) in [5, 5.41) is 2.54. The standard InChI is InChI=1S/C12H13F3N4O2S2/c1-8-2-3-10(22-8)23(20,21)18-7-6-17-11-16-5-4-9(19-11)12(13,14)15/h2-5,18H,6-7H2,1H3,(H,16,17,19). The van der Waals surface area contributed by atoms with Gasteiger partial charge in [0.25, 0.3) is 0 Å². The summed E-state index contributed by atoms with van der Waals surface area (Å²) in [6, 6.07) is 3.94. The van der Waals surface area contributed by atoms with Crippen molar-refractivity contribution in [2.45, 2.75) is 17.3 Å². The van der Waals surface area contributed by atoms with Crippen LogP contribution in [-0.2, 0) is 16.2 Å². The Morgan fingerprint density at radius 2 is 1.96 bits per heavy atom. The molecule has 0 saturated heterocycles. The molecule has 0 aliphatic heterocycles. The molecule has 0 aliphatic rings. The SMILES string of the molecule is Cc1ccc(S(=O)(=O)NCCNc2nccc(C(F)(F)F)n2)s1. The van der Waals surface area contributed by atoms with Gasteiger partial charge in [0.1, 0.15) is 9.90 Å². The lowest BCUT2D eigenvalue weighted by Gasteiger charge is -2.09. The van der Waals surface area contributed by atoms with Gasteiger partial charge in [-0.1, -0.05) is 0 Å². The molecule has 6 nitrogen and oxygen atoms in total. The number of nitrogens with one attached hydrogen (secondary N) is 2. The van der Waals surface area contributed by atoms with E-state index in [-0.39, 0.29) is 23.2 Å². The van der Waals surface area contributed by atoms with E-state index in [4.69, 9.17) is 0 Å². The fourth-order valence-electron chi connectivity index (χ4n) is 1.59. The summed E-state index contributed by atoms with van der Waals surface area (Å²) >= 11 is 1.13. The third kappa shape index (κ3) is 4.88. The highest BCUT2D eigenvalue weighted by Gasteiger charge is 2.32. The van der Waals surface area contributed by atoms with E-state index in [1.165, 1.54) is 6.07 Å². The Kier molecular flexibility index (Phi) is 5.22. The minimum Gasteiger partial charge on any atom is -0.353 e. The van der Waals surface area contributed by atoms with Crippen molar-refractivity contribution in [1.29, 1.82) is 0 Å². The van der Waals surface area contributed by atoms with Crippen LogP contribution in [-0.4, -0.2) is 31.5 Å². The van der Waals surface area contributed by atoms with E-state index in [0.717, 1.165) is 28.5 Å². The van der Waals surface area contributed by atoms with Crippen molar-refractivity contribution in [3.8, 4) is 0 Å². The molecule has 0 radical (unpaired) electrons. The maximum absolute atomic E-state index is 12.5. The summed E-state index contributed by atoms with van der Waals surface area (Å²) in [5.41, 5.74) is -1.07. The Morgan fingerprint density at radius 3 is 2.57 bits per heavy atom. The zero-order chi connectivity index (χ0) is 17.1. The number of aryl methyl sites for hydroxylation is 1. The molecule has 126 valence electrons. The monoisotopic (exact) mass is 366 g/mol. The first-order valence-corrected chi connectivity index (χ1v) is 8.69. The van der Waals surface area contributed by atoms with Gasteiger partial charge in [-0.25, -0.2) is 23.1 Å². The van der Waals surface area contributed by atoms with Gasteiger partial charge >= 0.3 is 6.18 Å². The lowest BCUT2D eigenvalue weighted by atomic mass is 10.4. The maximum Gasteiger partial charge on any atom is 0.433 e. The average Bonchev–Trinajstić information content (AvgIpc) is 2.91. The number of rotatable bonds is 6. The fraction of sp³-hybridized carbons (Fsp3) is 0.333. The Bertz CT molecular complexity index is 775. The molecule has 0 fully saturated rings. The van der Waals surface area contributed by atoms with Crippen LogP contribution in [0.1, 0.15) is 10.6 Å². The zero-order valence-corrected chi connectivity index (χ0v) is 13.5. The van der Waals surface area contributed by atoms with Crippen molar-refractivity contribution < 1.29 is 21.6 Å². The molecule has 0 atom stereocenters. The number of hydrogen-bond acceptors (Lipinski definition) is 6. The van der Waals surface area contributed by atoms with Crippen LogP contribution in [0.2, 0.25) is 0 Å². The van der Waals surface area contributed by atoms with Crippen molar-refractivity contribution in [3.05, 3.63) is 35.0 Å². The molecule has 2 heterocycles. The second-order valence-electron chi connectivity index (χ2n) is 4.45. The van der Waals surface area contributed by atoms with Crippen LogP contribution in [0, 0.1) is 6.92 Å². The second-order valence-corrected chi connectivity index (χ2v) is 7.73. The van der Waals surface area contributed by atoms with Crippen LogP contribution < -0.4 is 10.0 Å². The summed E-state index contributed by atoms with van der Waals surface area (Å²) in [4.78, 5) is 7.83. The number of aromatic nitrogens is 2. The van der Waals surface area contributed by atoms with E-state index in [9.17, 15) is 21.6 Å². The number of halogens is 3. The predicted octanol–water partition coefficient (Wildman–Crippen LogP) is 2.26. The van der Waals surface area contributed by atoms with Crippen LogP contribution in [0.25, 0.3) is 0 Å². The number of anilines is 1. The molecule has 11 heteroatoms. The second kappa shape index (κ2) is 6.81. The van der Waals surface area contributed by atoms with E-state index in [1.807, 2.05) is 0 Å². The van der Waals surface area contributed by atoms with Gasteiger partial charge in [-0.2, -0.15) is 13.2 Å². The molecule has 0 saturated carbocycles. The number of nitrogens with zero attached hydrogens (tertiary/aromatic N) is 2. The van der Waals surface area contributed by atoms with Gasteiger partial charge in [0.15, 0.2) is 0 Å². The molecule has 0 amide bonds. The van der Waals surface area contributed by atoms with Gasteiger partial charge in [-0.05, 0) is 25.1 Å². The van der Waals surface area contributed by atoms with E-state index in [1.54, 1.807) is 13.0 Å². The Labute approximate surface area is 134 Å². The van der Waals surface area contributed by atoms with Gasteiger partial charge in [0, 0.05) is 24.2 Å². The lowest BCUT2D eigenvalue weighted by molar-refractivity contribution is -0.141. The van der Waals surface area contributed by atoms with Crippen LogP contribution in [0.15, 0.2) is 28.6 Å². The quantitative estimate of drug-likeness (QED) is 0.766. The number of alkyl halides is 3. The average molecular weight is 366 g/mol. The van der Waals surface area contributed by atoms with E-state index < -0.39 is 21.9 Å². The first-order chi connectivity index (χ1) is 10.7. The predicted molar refractivity (Wildman–Crippen MR) is 79.8 cm³/mol. The number of thiophene rings is 1. The topological polar surface area (TPSA) is 84.0 Å². The highest BCUT2D eigenvalue weighted by molar-refractivity contribution is 7.91. The largest absolute Gasteiger partial charge is 0.433 e. The molecule has 0 unspecified atom stereocenters. The van der Waals surface area contributed by atoms with E-state index in [0.29, 0.717) is 0 Å². The van der Waals surface area contributed by atoms with Crippen molar-refractivity contribution in [3.63, 3.8) is 0 Å². The Balaban J connectivity index is 1.88. The number of hydrogen-bond donors (Lipinski definition) is 2. The third-order valence-electron chi connectivity index (χ3n) is 2.63. The molecule has 2 aromatic heterocycles. The van der Waals surface area contributed by atoms with Crippen molar-refractivity contribution in [2.24, 2.45) is 0 Å². The van der Waals surface area contributed by atoms with Gasteiger partial charge in [0.2, 0.25) is 16.0 Å². The summed E-state index contributed by atoms with van der Waals surface area (Å²) in [6.45, 7) is 1.82. The van der Waals surface area contributed by atoms with Crippen molar-refractivity contribution in [1.82, 2.24) is 14.7 Å². The van der Waals surface area contributed by atoms with Crippen LogP contribution >= 0.6 is 11.3 Å². The summed E-state index contributed by atoms with van der Waals surface area (Å²) in [6.07, 6.45) is -3.57. The van der Waals surface area contributed by atoms with E-state index in [2.05, 4.69) is 20.0 Å². The molecule has 0 spiro atoms. The van der Waals surface area contributed by atoms with Gasteiger partial charge in [-0.3, -0.25) is 0 Å². The highest BCUT2D eigenvalue weighted by atomic mass is 32.2. The molecule has 0 bridgehead atoms. The normalized spacial score (nSPS) is 12.3. The Morgan fingerprint density at radius 1 is 1.22 bits per heavy atom. The third-order valence-corrected chi connectivity index (χ3v) is 5.58. The molecule has 2 aromatic rings. The van der Waals surface area contributed by atoms with Crippen molar-refractivity contribution in [2.75, 3.05) is 18.4 Å². The van der Waals surface area contributed by atoms with E-state index >= 15 is 0 Å². The molecular weight excluding hydrogens is 353 g/mol. The summed E-state index contributed by atoms with van der Waals surface area (Å²) < 4.78 is 63.9. The fourth-order valence-corrected chi connectivity index (χ4v) is 3.95. The minimum atomic E-state index is -4.56. The zero-order valence-electron chi connectivity index (χ0n) is 11.9.